The van der Waals surface area contributed by atoms with Crippen LogP contribution >= 0.6 is 0 Å². The van der Waals surface area contributed by atoms with E-state index in [0.717, 1.165) is 58.3 Å². The highest BCUT2D eigenvalue weighted by Crippen LogP contribution is 2.29. The maximum Gasteiger partial charge on any atom is 0.257 e. The molecule has 1 amide bonds. The molecule has 1 saturated heterocycles. The topological polar surface area (TPSA) is 54.9 Å². The number of hydrogen-bond acceptors (Lipinski definition) is 5. The van der Waals surface area contributed by atoms with Crippen molar-refractivity contribution in [2.24, 2.45) is 0 Å². The maximum absolute atomic E-state index is 13.5. The zero-order valence-electron chi connectivity index (χ0n) is 18.4. The zero-order chi connectivity index (χ0) is 21.5. The van der Waals surface area contributed by atoms with Gasteiger partial charge in [0.05, 0.1) is 17.7 Å². The van der Waals surface area contributed by atoms with Gasteiger partial charge in [-0.2, -0.15) is 0 Å². The first-order chi connectivity index (χ1) is 15.3. The van der Waals surface area contributed by atoms with E-state index in [4.69, 9.17) is 9.47 Å². The van der Waals surface area contributed by atoms with Gasteiger partial charge in [0.1, 0.15) is 12.4 Å². The summed E-state index contributed by atoms with van der Waals surface area (Å²) in [4.78, 5) is 22.1. The van der Waals surface area contributed by atoms with E-state index in [0.29, 0.717) is 17.9 Å². The van der Waals surface area contributed by atoms with E-state index in [9.17, 15) is 4.79 Å². The van der Waals surface area contributed by atoms with Gasteiger partial charge in [0.2, 0.25) is 0 Å². The number of rotatable bonds is 3. The molecule has 2 aliphatic heterocycles. The van der Waals surface area contributed by atoms with Gasteiger partial charge in [-0.25, -0.2) is 0 Å². The predicted molar refractivity (Wildman–Crippen MR) is 120 cm³/mol. The van der Waals surface area contributed by atoms with Gasteiger partial charge in [-0.05, 0) is 62.1 Å². The van der Waals surface area contributed by atoms with Crippen LogP contribution in [0.2, 0.25) is 0 Å². The maximum atomic E-state index is 13.5. The van der Waals surface area contributed by atoms with Gasteiger partial charge in [0.25, 0.3) is 5.91 Å². The lowest BCUT2D eigenvalue weighted by Crippen LogP contribution is -2.51. The molecule has 0 bridgehead atoms. The molecule has 1 fully saturated rings. The van der Waals surface area contributed by atoms with E-state index in [1.807, 2.05) is 41.6 Å². The summed E-state index contributed by atoms with van der Waals surface area (Å²) in [5.74, 6) is 0.740. The highest BCUT2D eigenvalue weighted by Gasteiger charge is 2.35. The Bertz CT molecular complexity index is 845. The van der Waals surface area contributed by atoms with Crippen molar-refractivity contribution in [3.8, 4) is 5.75 Å². The Kier molecular flexibility index (Phi) is 7.54. The van der Waals surface area contributed by atoms with Crippen LogP contribution in [-0.2, 0) is 11.3 Å². The van der Waals surface area contributed by atoms with Crippen molar-refractivity contribution in [2.45, 2.75) is 50.8 Å². The number of amides is 1. The Labute approximate surface area is 185 Å². The molecule has 0 N–H and O–H groups in total. The van der Waals surface area contributed by atoms with E-state index in [-0.39, 0.29) is 18.1 Å². The lowest BCUT2D eigenvalue weighted by Gasteiger charge is -2.41. The summed E-state index contributed by atoms with van der Waals surface area (Å²) < 4.78 is 11.9. The fourth-order valence-electron chi connectivity index (χ4n) is 4.80. The summed E-state index contributed by atoms with van der Waals surface area (Å²) in [6.07, 6.45) is 8.91. The standard InChI is InChI=1S/C25H33N3O3/c1-30-24-10-6-16-28-22(24)8-4-5-15-27(19-20-11-13-26-14-12-20)17-18-31-23-9-3-2-7-21(23)25(28)29/h2-3,7,9,11-14,22,24H,4-6,8,10,15-19H2,1H3/t22-,24-/m1/s1. The molecule has 2 aromatic rings. The minimum absolute atomic E-state index is 0.0650. The number of fused-ring (bicyclic) bond motifs is 2. The number of hydrogen-bond donors (Lipinski definition) is 0. The van der Waals surface area contributed by atoms with Crippen molar-refractivity contribution in [1.29, 1.82) is 0 Å². The Morgan fingerprint density at radius 2 is 1.87 bits per heavy atom. The third kappa shape index (κ3) is 5.43. The van der Waals surface area contributed by atoms with Crippen LogP contribution in [0.3, 0.4) is 0 Å². The molecule has 3 heterocycles. The smallest absolute Gasteiger partial charge is 0.257 e. The molecule has 4 rings (SSSR count). The quantitative estimate of drug-likeness (QED) is 0.752. The average molecular weight is 424 g/mol. The number of piperidine rings is 1. The van der Waals surface area contributed by atoms with Gasteiger partial charge in [0, 0.05) is 39.1 Å². The average Bonchev–Trinajstić information content (AvgIpc) is 2.82. The molecule has 6 nitrogen and oxygen atoms in total. The van der Waals surface area contributed by atoms with Crippen molar-refractivity contribution in [1.82, 2.24) is 14.8 Å². The lowest BCUT2D eigenvalue weighted by atomic mass is 9.93. The zero-order valence-corrected chi connectivity index (χ0v) is 18.4. The van der Waals surface area contributed by atoms with Crippen LogP contribution in [-0.4, -0.2) is 66.2 Å². The number of ether oxygens (including phenoxy) is 2. The van der Waals surface area contributed by atoms with Gasteiger partial charge < -0.3 is 14.4 Å². The lowest BCUT2D eigenvalue weighted by molar-refractivity contribution is -0.0155. The van der Waals surface area contributed by atoms with Gasteiger partial charge in [-0.3, -0.25) is 14.7 Å². The molecule has 31 heavy (non-hydrogen) atoms. The van der Waals surface area contributed by atoms with Crippen LogP contribution in [0.25, 0.3) is 0 Å². The Hall–Kier alpha value is -2.44. The van der Waals surface area contributed by atoms with Crippen molar-refractivity contribution in [3.63, 3.8) is 0 Å². The summed E-state index contributed by atoms with van der Waals surface area (Å²) in [5.41, 5.74) is 1.91. The van der Waals surface area contributed by atoms with Crippen LogP contribution in [0.1, 0.15) is 48.0 Å². The van der Waals surface area contributed by atoms with Crippen molar-refractivity contribution in [3.05, 3.63) is 59.9 Å². The first-order valence-corrected chi connectivity index (χ1v) is 11.4. The largest absolute Gasteiger partial charge is 0.491 e. The van der Waals surface area contributed by atoms with Crippen molar-refractivity contribution in [2.75, 3.05) is 33.4 Å². The third-order valence-corrected chi connectivity index (χ3v) is 6.44. The molecule has 1 aromatic heterocycles. The molecule has 0 radical (unpaired) electrons. The monoisotopic (exact) mass is 423 g/mol. The molecular formula is C25H33N3O3. The normalized spacial score (nSPS) is 23.5. The van der Waals surface area contributed by atoms with Gasteiger partial charge in [0.15, 0.2) is 0 Å². The number of para-hydroxylation sites is 1. The minimum atomic E-state index is 0.0650. The Balaban J connectivity index is 1.56. The molecule has 6 heteroatoms. The molecule has 1 aromatic carbocycles. The Morgan fingerprint density at radius 3 is 2.71 bits per heavy atom. The summed E-state index contributed by atoms with van der Waals surface area (Å²) >= 11 is 0. The van der Waals surface area contributed by atoms with E-state index >= 15 is 0 Å². The summed E-state index contributed by atoms with van der Waals surface area (Å²) in [7, 11) is 1.77. The fraction of sp³-hybridized carbons (Fsp3) is 0.520. The molecule has 2 aliphatic rings. The second-order valence-corrected chi connectivity index (χ2v) is 8.45. The number of nitrogens with zero attached hydrogens (tertiary/aromatic N) is 3. The molecule has 2 atom stereocenters. The number of pyridine rings is 1. The first kappa shape index (κ1) is 21.8. The fourth-order valence-corrected chi connectivity index (χ4v) is 4.80. The number of carbonyl (C=O) groups is 1. The second kappa shape index (κ2) is 10.7. The van der Waals surface area contributed by atoms with E-state index in [1.54, 1.807) is 7.11 Å². The molecular weight excluding hydrogens is 390 g/mol. The van der Waals surface area contributed by atoms with E-state index in [1.165, 1.54) is 5.56 Å². The number of carbonyl (C=O) groups excluding carboxylic acids is 1. The minimum Gasteiger partial charge on any atom is -0.491 e. The van der Waals surface area contributed by atoms with E-state index < -0.39 is 0 Å². The highest BCUT2D eigenvalue weighted by atomic mass is 16.5. The number of benzene rings is 1. The highest BCUT2D eigenvalue weighted by molar-refractivity contribution is 5.97. The first-order valence-electron chi connectivity index (χ1n) is 11.4. The number of methoxy groups -OCH3 is 1. The molecule has 0 aliphatic carbocycles. The van der Waals surface area contributed by atoms with Crippen LogP contribution in [0, 0.1) is 0 Å². The Morgan fingerprint density at radius 1 is 1.03 bits per heavy atom. The van der Waals surface area contributed by atoms with Gasteiger partial charge in [-0.15, -0.1) is 0 Å². The molecule has 166 valence electrons. The summed E-state index contributed by atoms with van der Waals surface area (Å²) in [6.45, 7) is 4.04. The van der Waals surface area contributed by atoms with Crippen LogP contribution in [0.15, 0.2) is 48.8 Å². The van der Waals surface area contributed by atoms with Crippen molar-refractivity contribution < 1.29 is 14.3 Å². The van der Waals surface area contributed by atoms with Crippen LogP contribution < -0.4 is 4.74 Å². The second-order valence-electron chi connectivity index (χ2n) is 8.45. The van der Waals surface area contributed by atoms with Crippen LogP contribution in [0.4, 0.5) is 0 Å². The van der Waals surface area contributed by atoms with Gasteiger partial charge in [-0.1, -0.05) is 18.6 Å². The van der Waals surface area contributed by atoms with E-state index in [2.05, 4.69) is 22.0 Å². The molecule has 0 unspecified atom stereocenters. The van der Waals surface area contributed by atoms with Gasteiger partial charge >= 0.3 is 0 Å². The number of aromatic nitrogens is 1. The predicted octanol–water partition coefficient (Wildman–Crippen LogP) is 3.77. The van der Waals surface area contributed by atoms with Crippen LogP contribution in [0.5, 0.6) is 5.75 Å². The third-order valence-electron chi connectivity index (χ3n) is 6.44. The summed E-state index contributed by atoms with van der Waals surface area (Å²) in [5, 5.41) is 0. The SMILES string of the molecule is CO[C@@H]1CCCN2C(=O)c3ccccc3OCCN(Cc3ccncc3)CCCC[C@H]12. The summed E-state index contributed by atoms with van der Waals surface area (Å²) in [6, 6.07) is 11.9. The van der Waals surface area contributed by atoms with Crippen molar-refractivity contribution >= 4 is 5.91 Å². The molecule has 0 spiro atoms. The molecule has 0 saturated carbocycles.